The van der Waals surface area contributed by atoms with Crippen molar-refractivity contribution in [2.45, 2.75) is 6.04 Å². The van der Waals surface area contributed by atoms with E-state index >= 15 is 0 Å². The molecule has 6 nitrogen and oxygen atoms in total. The molecule has 0 radical (unpaired) electrons. The van der Waals surface area contributed by atoms with E-state index in [1.807, 2.05) is 0 Å². The van der Waals surface area contributed by atoms with Crippen LogP contribution in [0.25, 0.3) is 0 Å². The van der Waals surface area contributed by atoms with Crippen LogP contribution < -0.4 is 9.47 Å². The normalized spacial score (nSPS) is 18.1. The van der Waals surface area contributed by atoms with Gasteiger partial charge in [-0.2, -0.15) is 11.8 Å². The number of amides is 1. The van der Waals surface area contributed by atoms with Crippen LogP contribution in [-0.4, -0.2) is 59.7 Å². The Bertz CT molecular complexity index is 505. The SMILES string of the molecule is COc1ccc(OCC(=O)N2CCSCC2C(=O)O)cc1. The van der Waals surface area contributed by atoms with Crippen molar-refractivity contribution in [3.63, 3.8) is 0 Å². The molecule has 0 aliphatic carbocycles. The third-order valence-electron chi connectivity index (χ3n) is 3.16. The molecular weight excluding hydrogens is 294 g/mol. The summed E-state index contributed by atoms with van der Waals surface area (Å²) in [6.07, 6.45) is 0. The van der Waals surface area contributed by atoms with E-state index in [9.17, 15) is 9.59 Å². The standard InChI is InChI=1S/C14H17NO5S/c1-19-10-2-4-11(5-3-10)20-8-13(16)15-6-7-21-9-12(15)14(17)18/h2-5,12H,6-9H2,1H3,(H,17,18). The number of carbonyl (C=O) groups excluding carboxylic acids is 1. The van der Waals surface area contributed by atoms with Crippen molar-refractivity contribution in [2.24, 2.45) is 0 Å². The van der Waals surface area contributed by atoms with Crippen molar-refractivity contribution in [3.05, 3.63) is 24.3 Å². The number of carbonyl (C=O) groups is 2. The molecule has 21 heavy (non-hydrogen) atoms. The highest BCUT2D eigenvalue weighted by atomic mass is 32.2. The number of benzene rings is 1. The molecule has 1 amide bonds. The fourth-order valence-electron chi connectivity index (χ4n) is 2.01. The van der Waals surface area contributed by atoms with Gasteiger partial charge in [0.15, 0.2) is 6.61 Å². The summed E-state index contributed by atoms with van der Waals surface area (Å²) < 4.78 is 10.4. The number of carboxylic acids is 1. The van der Waals surface area contributed by atoms with Gasteiger partial charge >= 0.3 is 5.97 Å². The summed E-state index contributed by atoms with van der Waals surface area (Å²) in [6.45, 7) is 0.271. The maximum atomic E-state index is 12.1. The molecule has 1 aromatic carbocycles. The number of rotatable bonds is 5. The van der Waals surface area contributed by atoms with E-state index in [1.165, 1.54) is 4.90 Å². The van der Waals surface area contributed by atoms with Crippen molar-refractivity contribution in [1.82, 2.24) is 4.90 Å². The van der Waals surface area contributed by atoms with E-state index in [0.717, 1.165) is 5.75 Å². The van der Waals surface area contributed by atoms with Gasteiger partial charge in [-0.15, -0.1) is 0 Å². The Balaban J connectivity index is 1.91. The van der Waals surface area contributed by atoms with Gasteiger partial charge in [0.05, 0.1) is 7.11 Å². The second kappa shape index (κ2) is 7.21. The Kier molecular flexibility index (Phi) is 5.32. The van der Waals surface area contributed by atoms with E-state index in [4.69, 9.17) is 14.6 Å². The van der Waals surface area contributed by atoms with Crippen LogP contribution >= 0.6 is 11.8 Å². The van der Waals surface area contributed by atoms with Gasteiger partial charge < -0.3 is 19.5 Å². The van der Waals surface area contributed by atoms with Crippen LogP contribution in [0.3, 0.4) is 0 Å². The molecule has 2 rings (SSSR count). The molecule has 0 saturated carbocycles. The summed E-state index contributed by atoms with van der Waals surface area (Å²) >= 11 is 1.54. The molecule has 1 unspecified atom stereocenters. The van der Waals surface area contributed by atoms with Gasteiger partial charge in [0.25, 0.3) is 5.91 Å². The molecule has 0 spiro atoms. The summed E-state index contributed by atoms with van der Waals surface area (Å²) in [7, 11) is 1.57. The van der Waals surface area contributed by atoms with Crippen molar-refractivity contribution in [3.8, 4) is 11.5 Å². The predicted octanol–water partition coefficient (Wildman–Crippen LogP) is 1.10. The zero-order valence-electron chi connectivity index (χ0n) is 11.7. The number of thioether (sulfide) groups is 1. The van der Waals surface area contributed by atoms with Crippen LogP contribution in [-0.2, 0) is 9.59 Å². The Morgan fingerprint density at radius 3 is 2.62 bits per heavy atom. The number of ether oxygens (including phenoxy) is 2. The van der Waals surface area contributed by atoms with Gasteiger partial charge in [0, 0.05) is 18.1 Å². The lowest BCUT2D eigenvalue weighted by atomic mass is 10.2. The zero-order valence-corrected chi connectivity index (χ0v) is 12.5. The first-order chi connectivity index (χ1) is 10.1. The molecule has 7 heteroatoms. The second-order valence-electron chi connectivity index (χ2n) is 4.48. The summed E-state index contributed by atoms with van der Waals surface area (Å²) in [5.74, 6) is 1.13. The average molecular weight is 311 g/mol. The van der Waals surface area contributed by atoms with Crippen LogP contribution in [0, 0.1) is 0 Å². The number of methoxy groups -OCH3 is 1. The van der Waals surface area contributed by atoms with E-state index in [0.29, 0.717) is 23.8 Å². The molecule has 1 N–H and O–H groups in total. The maximum absolute atomic E-state index is 12.1. The maximum Gasteiger partial charge on any atom is 0.327 e. The van der Waals surface area contributed by atoms with E-state index in [1.54, 1.807) is 43.1 Å². The van der Waals surface area contributed by atoms with Gasteiger partial charge in [-0.1, -0.05) is 0 Å². The highest BCUT2D eigenvalue weighted by Gasteiger charge is 2.32. The van der Waals surface area contributed by atoms with E-state index < -0.39 is 12.0 Å². The number of aliphatic carboxylic acids is 1. The van der Waals surface area contributed by atoms with Crippen LogP contribution in [0.1, 0.15) is 0 Å². The van der Waals surface area contributed by atoms with Crippen molar-refractivity contribution < 1.29 is 24.2 Å². The monoisotopic (exact) mass is 311 g/mol. The Morgan fingerprint density at radius 1 is 1.33 bits per heavy atom. The minimum absolute atomic E-state index is 0.166. The molecule has 1 aliphatic rings. The fourth-order valence-corrected chi connectivity index (χ4v) is 3.04. The summed E-state index contributed by atoms with van der Waals surface area (Å²) in [4.78, 5) is 24.6. The van der Waals surface area contributed by atoms with Gasteiger partial charge in [0.1, 0.15) is 17.5 Å². The molecular formula is C14H17NO5S. The first kappa shape index (κ1) is 15.5. The smallest absolute Gasteiger partial charge is 0.327 e. The quantitative estimate of drug-likeness (QED) is 0.877. The molecule has 1 atom stereocenters. The molecule has 114 valence electrons. The molecule has 1 fully saturated rings. The fraction of sp³-hybridized carbons (Fsp3) is 0.429. The number of nitrogens with zero attached hydrogens (tertiary/aromatic N) is 1. The topological polar surface area (TPSA) is 76.1 Å². The first-order valence-electron chi connectivity index (χ1n) is 6.48. The van der Waals surface area contributed by atoms with E-state index in [-0.39, 0.29) is 12.5 Å². The lowest BCUT2D eigenvalue weighted by Gasteiger charge is -2.32. The summed E-state index contributed by atoms with van der Waals surface area (Å²) in [5, 5.41) is 9.14. The van der Waals surface area contributed by atoms with Gasteiger partial charge in [-0.25, -0.2) is 4.79 Å². The molecule has 0 aromatic heterocycles. The molecule has 1 heterocycles. The molecule has 1 aliphatic heterocycles. The number of hydrogen-bond acceptors (Lipinski definition) is 5. The van der Waals surface area contributed by atoms with Gasteiger partial charge in [-0.05, 0) is 24.3 Å². The predicted molar refractivity (Wildman–Crippen MR) is 79.0 cm³/mol. The summed E-state index contributed by atoms with van der Waals surface area (Å²) in [6, 6.07) is 6.10. The van der Waals surface area contributed by atoms with Crippen LogP contribution in [0.15, 0.2) is 24.3 Å². The number of carboxylic acid groups (broad SMARTS) is 1. The summed E-state index contributed by atoms with van der Waals surface area (Å²) in [5.41, 5.74) is 0. The second-order valence-corrected chi connectivity index (χ2v) is 5.63. The Morgan fingerprint density at radius 2 is 2.00 bits per heavy atom. The highest BCUT2D eigenvalue weighted by Crippen LogP contribution is 2.19. The van der Waals surface area contributed by atoms with Crippen molar-refractivity contribution in [1.29, 1.82) is 0 Å². The zero-order chi connectivity index (χ0) is 15.2. The van der Waals surface area contributed by atoms with Crippen LogP contribution in [0.4, 0.5) is 0 Å². The van der Waals surface area contributed by atoms with E-state index in [2.05, 4.69) is 0 Å². The highest BCUT2D eigenvalue weighted by molar-refractivity contribution is 7.99. The third kappa shape index (κ3) is 4.04. The third-order valence-corrected chi connectivity index (χ3v) is 4.18. The largest absolute Gasteiger partial charge is 0.497 e. The molecule has 0 bridgehead atoms. The Hall–Kier alpha value is -1.89. The minimum atomic E-state index is -0.972. The first-order valence-corrected chi connectivity index (χ1v) is 7.64. The lowest BCUT2D eigenvalue weighted by molar-refractivity contribution is -0.150. The molecule has 1 saturated heterocycles. The Labute approximate surface area is 127 Å². The van der Waals surface area contributed by atoms with Crippen molar-refractivity contribution >= 4 is 23.6 Å². The van der Waals surface area contributed by atoms with Crippen molar-refractivity contribution in [2.75, 3.05) is 31.8 Å². The minimum Gasteiger partial charge on any atom is -0.497 e. The van der Waals surface area contributed by atoms with Crippen LogP contribution in [0.5, 0.6) is 11.5 Å². The number of hydrogen-bond donors (Lipinski definition) is 1. The van der Waals surface area contributed by atoms with Crippen LogP contribution in [0.2, 0.25) is 0 Å². The molecule has 1 aromatic rings. The van der Waals surface area contributed by atoms with Gasteiger partial charge in [-0.3, -0.25) is 4.79 Å². The lowest BCUT2D eigenvalue weighted by Crippen LogP contribution is -2.51. The average Bonchev–Trinajstić information content (AvgIpc) is 2.53. The van der Waals surface area contributed by atoms with Gasteiger partial charge in [0.2, 0.25) is 0 Å².